The summed E-state index contributed by atoms with van der Waals surface area (Å²) < 4.78 is 13.1. The van der Waals surface area contributed by atoms with Crippen molar-refractivity contribution >= 4 is 17.3 Å². The second-order valence-corrected chi connectivity index (χ2v) is 4.61. The molecule has 2 aromatic rings. The molecular weight excluding hydrogens is 249 g/mol. The Morgan fingerprint density at radius 3 is 2.61 bits per heavy atom. The smallest absolute Gasteiger partial charge is 0.125 e. The van der Waals surface area contributed by atoms with Crippen LogP contribution in [-0.4, -0.2) is 0 Å². The molecule has 0 aliphatic rings. The first-order chi connectivity index (χ1) is 8.69. The van der Waals surface area contributed by atoms with Crippen LogP contribution in [0.15, 0.2) is 48.5 Å². The maximum Gasteiger partial charge on any atom is 0.125 e. The standard InChI is InChI=1S/C15H15ClFN/c1-2-15(11-5-3-6-12(16)9-11)18-14-8-4-7-13(17)10-14/h3-10,15,18H,2H2,1H3. The van der Waals surface area contributed by atoms with Crippen LogP contribution < -0.4 is 5.32 Å². The molecule has 0 heterocycles. The number of hydrogen-bond donors (Lipinski definition) is 1. The third kappa shape index (κ3) is 3.23. The van der Waals surface area contributed by atoms with E-state index in [1.54, 1.807) is 6.07 Å². The molecule has 0 amide bonds. The second-order valence-electron chi connectivity index (χ2n) is 4.17. The fourth-order valence-corrected chi connectivity index (χ4v) is 2.12. The zero-order valence-electron chi connectivity index (χ0n) is 10.2. The topological polar surface area (TPSA) is 12.0 Å². The number of halogens is 2. The lowest BCUT2D eigenvalue weighted by Crippen LogP contribution is -2.09. The van der Waals surface area contributed by atoms with E-state index in [0.29, 0.717) is 5.02 Å². The van der Waals surface area contributed by atoms with E-state index in [0.717, 1.165) is 17.7 Å². The van der Waals surface area contributed by atoms with Crippen LogP contribution in [0.25, 0.3) is 0 Å². The molecule has 2 rings (SSSR count). The lowest BCUT2D eigenvalue weighted by molar-refractivity contribution is 0.627. The molecule has 0 aromatic heterocycles. The Labute approximate surface area is 112 Å². The van der Waals surface area contributed by atoms with Crippen molar-refractivity contribution in [1.82, 2.24) is 0 Å². The van der Waals surface area contributed by atoms with Crippen LogP contribution in [0, 0.1) is 5.82 Å². The number of anilines is 1. The van der Waals surface area contributed by atoms with Crippen LogP contribution in [0.2, 0.25) is 5.02 Å². The molecule has 94 valence electrons. The first kappa shape index (κ1) is 12.9. The Bertz CT molecular complexity index is 527. The molecule has 0 spiro atoms. The molecule has 1 unspecified atom stereocenters. The van der Waals surface area contributed by atoms with E-state index in [-0.39, 0.29) is 11.9 Å². The van der Waals surface area contributed by atoms with Crippen LogP contribution in [-0.2, 0) is 0 Å². The van der Waals surface area contributed by atoms with Gasteiger partial charge in [-0.25, -0.2) is 4.39 Å². The average Bonchev–Trinajstić information content (AvgIpc) is 2.36. The van der Waals surface area contributed by atoms with Crippen molar-refractivity contribution in [2.45, 2.75) is 19.4 Å². The van der Waals surface area contributed by atoms with Gasteiger partial charge in [0.1, 0.15) is 5.82 Å². The van der Waals surface area contributed by atoms with Crippen molar-refractivity contribution in [3.05, 3.63) is 64.9 Å². The van der Waals surface area contributed by atoms with Crippen LogP contribution in [0.1, 0.15) is 24.9 Å². The van der Waals surface area contributed by atoms with Gasteiger partial charge in [-0.15, -0.1) is 0 Å². The van der Waals surface area contributed by atoms with Gasteiger partial charge in [-0.05, 0) is 42.3 Å². The quantitative estimate of drug-likeness (QED) is 0.815. The maximum absolute atomic E-state index is 13.1. The predicted octanol–water partition coefficient (Wildman–Crippen LogP) is 5.04. The fourth-order valence-electron chi connectivity index (χ4n) is 1.92. The summed E-state index contributed by atoms with van der Waals surface area (Å²) in [6, 6.07) is 14.3. The van der Waals surface area contributed by atoms with Gasteiger partial charge in [-0.2, -0.15) is 0 Å². The number of benzene rings is 2. The molecule has 2 aromatic carbocycles. The molecule has 18 heavy (non-hydrogen) atoms. The molecule has 3 heteroatoms. The molecular formula is C15H15ClFN. The number of hydrogen-bond acceptors (Lipinski definition) is 1. The minimum absolute atomic E-state index is 0.130. The zero-order valence-corrected chi connectivity index (χ0v) is 10.9. The molecule has 0 fully saturated rings. The van der Waals surface area contributed by atoms with Crippen molar-refractivity contribution in [2.24, 2.45) is 0 Å². The summed E-state index contributed by atoms with van der Waals surface area (Å²) >= 11 is 5.99. The van der Waals surface area contributed by atoms with Gasteiger partial charge in [-0.1, -0.05) is 36.7 Å². The van der Waals surface area contributed by atoms with E-state index in [9.17, 15) is 4.39 Å². The highest BCUT2D eigenvalue weighted by Gasteiger charge is 2.09. The van der Waals surface area contributed by atoms with E-state index < -0.39 is 0 Å². The molecule has 0 aliphatic carbocycles. The molecule has 0 bridgehead atoms. The first-order valence-electron chi connectivity index (χ1n) is 5.96. The van der Waals surface area contributed by atoms with Crippen molar-refractivity contribution in [3.63, 3.8) is 0 Å². The van der Waals surface area contributed by atoms with E-state index >= 15 is 0 Å². The molecule has 0 saturated heterocycles. The average molecular weight is 264 g/mol. The van der Waals surface area contributed by atoms with Crippen molar-refractivity contribution < 1.29 is 4.39 Å². The van der Waals surface area contributed by atoms with Crippen LogP contribution in [0.5, 0.6) is 0 Å². The molecule has 0 radical (unpaired) electrons. The summed E-state index contributed by atoms with van der Waals surface area (Å²) in [5.74, 6) is -0.235. The summed E-state index contributed by atoms with van der Waals surface area (Å²) in [5, 5.41) is 4.03. The largest absolute Gasteiger partial charge is 0.378 e. The van der Waals surface area contributed by atoms with Crippen LogP contribution in [0.4, 0.5) is 10.1 Å². The Morgan fingerprint density at radius 2 is 1.94 bits per heavy atom. The van der Waals surface area contributed by atoms with Gasteiger partial charge in [0.15, 0.2) is 0 Å². The maximum atomic E-state index is 13.1. The van der Waals surface area contributed by atoms with Crippen molar-refractivity contribution in [3.8, 4) is 0 Å². The lowest BCUT2D eigenvalue weighted by Gasteiger charge is -2.19. The van der Waals surface area contributed by atoms with E-state index in [1.807, 2.05) is 30.3 Å². The Kier molecular flexibility index (Phi) is 4.21. The van der Waals surface area contributed by atoms with E-state index in [1.165, 1.54) is 12.1 Å². The van der Waals surface area contributed by atoms with Gasteiger partial charge in [-0.3, -0.25) is 0 Å². The Balaban J connectivity index is 2.19. The van der Waals surface area contributed by atoms with Gasteiger partial charge in [0.2, 0.25) is 0 Å². The van der Waals surface area contributed by atoms with Gasteiger partial charge in [0.25, 0.3) is 0 Å². The third-order valence-corrected chi connectivity index (χ3v) is 3.06. The van der Waals surface area contributed by atoms with Crippen LogP contribution in [0.3, 0.4) is 0 Å². The molecule has 1 atom stereocenters. The first-order valence-corrected chi connectivity index (χ1v) is 6.34. The summed E-state index contributed by atoms with van der Waals surface area (Å²) in [7, 11) is 0. The van der Waals surface area contributed by atoms with Crippen molar-refractivity contribution in [2.75, 3.05) is 5.32 Å². The van der Waals surface area contributed by atoms with Gasteiger partial charge in [0, 0.05) is 10.7 Å². The normalized spacial score (nSPS) is 12.2. The minimum Gasteiger partial charge on any atom is -0.378 e. The van der Waals surface area contributed by atoms with Crippen molar-refractivity contribution in [1.29, 1.82) is 0 Å². The highest BCUT2D eigenvalue weighted by atomic mass is 35.5. The monoisotopic (exact) mass is 263 g/mol. The lowest BCUT2D eigenvalue weighted by atomic mass is 10.0. The number of nitrogens with one attached hydrogen (secondary N) is 1. The summed E-state index contributed by atoms with van der Waals surface area (Å²) in [5.41, 5.74) is 1.89. The van der Waals surface area contributed by atoms with E-state index in [4.69, 9.17) is 11.6 Å². The van der Waals surface area contributed by atoms with Gasteiger partial charge in [0.05, 0.1) is 6.04 Å². The molecule has 0 saturated carbocycles. The Hall–Kier alpha value is -1.54. The minimum atomic E-state index is -0.235. The molecule has 1 nitrogen and oxygen atoms in total. The third-order valence-electron chi connectivity index (χ3n) is 2.82. The SMILES string of the molecule is CCC(Nc1cccc(F)c1)c1cccc(Cl)c1. The summed E-state index contributed by atoms with van der Waals surface area (Å²) in [4.78, 5) is 0. The van der Waals surface area contributed by atoms with Gasteiger partial charge < -0.3 is 5.32 Å². The zero-order chi connectivity index (χ0) is 13.0. The second kappa shape index (κ2) is 5.87. The summed E-state index contributed by atoms with van der Waals surface area (Å²) in [6.45, 7) is 2.08. The van der Waals surface area contributed by atoms with E-state index in [2.05, 4.69) is 12.2 Å². The predicted molar refractivity (Wildman–Crippen MR) is 74.5 cm³/mol. The van der Waals surface area contributed by atoms with Gasteiger partial charge >= 0.3 is 0 Å². The summed E-state index contributed by atoms with van der Waals surface area (Å²) in [6.07, 6.45) is 0.900. The highest BCUT2D eigenvalue weighted by molar-refractivity contribution is 6.30. The van der Waals surface area contributed by atoms with Crippen LogP contribution >= 0.6 is 11.6 Å². The fraction of sp³-hybridized carbons (Fsp3) is 0.200. The molecule has 0 aliphatic heterocycles. The number of rotatable bonds is 4. The Morgan fingerprint density at radius 1 is 1.17 bits per heavy atom. The highest BCUT2D eigenvalue weighted by Crippen LogP contribution is 2.24. The molecule has 1 N–H and O–H groups in total.